The van der Waals surface area contributed by atoms with Crippen LogP contribution in [0.3, 0.4) is 0 Å². The molecular formula is C14H20N2O2. The summed E-state index contributed by atoms with van der Waals surface area (Å²) in [6.07, 6.45) is 1.57. The third-order valence-corrected chi connectivity index (χ3v) is 2.84. The van der Waals surface area contributed by atoms with Crippen molar-refractivity contribution >= 4 is 10.9 Å². The van der Waals surface area contributed by atoms with Gasteiger partial charge in [0.25, 0.3) is 0 Å². The zero-order valence-corrected chi connectivity index (χ0v) is 10.9. The first-order chi connectivity index (χ1) is 9.84. The number of hydrogen-bond donors (Lipinski definition) is 0. The van der Waals surface area contributed by atoms with Gasteiger partial charge in [0.2, 0.25) is 0 Å². The molecule has 1 aromatic carbocycles. The molecule has 2 rings (SSSR count). The number of fused-ring (bicyclic) bond motifs is 1. The summed E-state index contributed by atoms with van der Waals surface area (Å²) < 4.78 is 34.1. The number of hydrogen-bond acceptors (Lipinski definition) is 3. The molecule has 1 aromatic heterocycles. The van der Waals surface area contributed by atoms with E-state index in [0.717, 1.165) is 15.6 Å². The Bertz CT molecular complexity index is 620. The SMILES string of the molecule is [2H]C([2H])([2H])n1cc2c(C(C)C)ccc(OCCOC)c2n1. The second-order valence-corrected chi connectivity index (χ2v) is 4.48. The average molecular weight is 251 g/mol. The first kappa shape index (κ1) is 9.39. The third-order valence-electron chi connectivity index (χ3n) is 2.84. The van der Waals surface area contributed by atoms with E-state index in [2.05, 4.69) is 18.9 Å². The number of benzene rings is 1. The molecule has 0 aliphatic carbocycles. The molecule has 0 unspecified atom stereocenters. The van der Waals surface area contributed by atoms with Crippen molar-refractivity contribution in [3.8, 4) is 5.75 Å². The summed E-state index contributed by atoms with van der Waals surface area (Å²) in [4.78, 5) is 0. The summed E-state index contributed by atoms with van der Waals surface area (Å²) >= 11 is 0. The maximum Gasteiger partial charge on any atom is 0.147 e. The van der Waals surface area contributed by atoms with Crippen LogP contribution in [0.2, 0.25) is 0 Å². The van der Waals surface area contributed by atoms with Crippen LogP contribution in [0.1, 0.15) is 29.4 Å². The van der Waals surface area contributed by atoms with Gasteiger partial charge in [-0.3, -0.25) is 4.68 Å². The predicted molar refractivity (Wildman–Crippen MR) is 72.2 cm³/mol. The zero-order valence-electron chi connectivity index (χ0n) is 13.9. The molecule has 0 amide bonds. The fourth-order valence-electron chi connectivity index (χ4n) is 1.96. The molecule has 0 N–H and O–H groups in total. The van der Waals surface area contributed by atoms with Gasteiger partial charge >= 0.3 is 0 Å². The molecule has 0 saturated carbocycles. The number of ether oxygens (including phenoxy) is 2. The van der Waals surface area contributed by atoms with E-state index in [-0.39, 0.29) is 5.92 Å². The molecule has 0 aliphatic heterocycles. The fraction of sp³-hybridized carbons (Fsp3) is 0.500. The highest BCUT2D eigenvalue weighted by atomic mass is 16.5. The highest BCUT2D eigenvalue weighted by Gasteiger charge is 2.12. The lowest BCUT2D eigenvalue weighted by Gasteiger charge is -2.10. The van der Waals surface area contributed by atoms with Crippen LogP contribution in [0.5, 0.6) is 5.75 Å². The number of rotatable bonds is 5. The Morgan fingerprint density at radius 2 is 2.22 bits per heavy atom. The number of nitrogens with zero attached hydrogens (tertiary/aromatic N) is 2. The van der Waals surface area contributed by atoms with E-state index in [0.29, 0.717) is 24.5 Å². The van der Waals surface area contributed by atoms with Crippen LogP contribution in [-0.2, 0) is 11.7 Å². The summed E-state index contributed by atoms with van der Waals surface area (Å²) in [5, 5.41) is 5.01. The van der Waals surface area contributed by atoms with Gasteiger partial charge in [0.1, 0.15) is 17.9 Å². The summed E-state index contributed by atoms with van der Waals surface area (Å²) in [6.45, 7) is 2.69. The van der Waals surface area contributed by atoms with Crippen molar-refractivity contribution in [2.75, 3.05) is 20.3 Å². The minimum Gasteiger partial charge on any atom is -0.489 e. The highest BCUT2D eigenvalue weighted by Crippen LogP contribution is 2.31. The van der Waals surface area contributed by atoms with Crippen LogP contribution in [0, 0.1) is 0 Å². The van der Waals surface area contributed by atoms with Crippen molar-refractivity contribution in [2.45, 2.75) is 19.8 Å². The monoisotopic (exact) mass is 251 g/mol. The molecule has 0 radical (unpaired) electrons. The third kappa shape index (κ3) is 2.48. The minimum atomic E-state index is -2.29. The lowest BCUT2D eigenvalue weighted by atomic mass is 9.99. The second kappa shape index (κ2) is 5.40. The van der Waals surface area contributed by atoms with Crippen molar-refractivity contribution in [1.82, 2.24) is 9.78 Å². The minimum absolute atomic E-state index is 0.273. The molecule has 1 heterocycles. The van der Waals surface area contributed by atoms with Crippen molar-refractivity contribution in [2.24, 2.45) is 6.98 Å². The Labute approximate surface area is 112 Å². The van der Waals surface area contributed by atoms with Crippen LogP contribution >= 0.6 is 0 Å². The quantitative estimate of drug-likeness (QED) is 0.767. The number of methoxy groups -OCH3 is 1. The molecule has 0 atom stereocenters. The van der Waals surface area contributed by atoms with Gasteiger partial charge < -0.3 is 9.47 Å². The van der Waals surface area contributed by atoms with Gasteiger partial charge in [-0.05, 0) is 17.5 Å². The molecule has 0 fully saturated rings. The average Bonchev–Trinajstić information content (AvgIpc) is 2.83. The van der Waals surface area contributed by atoms with E-state index in [9.17, 15) is 0 Å². The van der Waals surface area contributed by atoms with Crippen LogP contribution in [0.4, 0.5) is 0 Å². The molecule has 18 heavy (non-hydrogen) atoms. The molecule has 0 bridgehead atoms. The topological polar surface area (TPSA) is 36.3 Å². The fourth-order valence-corrected chi connectivity index (χ4v) is 1.96. The molecule has 0 spiro atoms. The summed E-state index contributed by atoms with van der Waals surface area (Å²) in [7, 11) is 1.60. The second-order valence-electron chi connectivity index (χ2n) is 4.48. The van der Waals surface area contributed by atoms with Crippen LogP contribution in [-0.4, -0.2) is 30.1 Å². The Kier molecular flexibility index (Phi) is 2.81. The molecule has 4 nitrogen and oxygen atoms in total. The van der Waals surface area contributed by atoms with Gasteiger partial charge in [-0.1, -0.05) is 19.9 Å². The van der Waals surface area contributed by atoms with Crippen LogP contribution in [0.15, 0.2) is 18.3 Å². The number of aryl methyl sites for hydroxylation is 1. The first-order valence-electron chi connectivity index (χ1n) is 7.49. The van der Waals surface area contributed by atoms with E-state index < -0.39 is 6.98 Å². The molecule has 0 saturated heterocycles. The van der Waals surface area contributed by atoms with Gasteiger partial charge in [0.15, 0.2) is 0 Å². The molecule has 2 aromatic rings. The van der Waals surface area contributed by atoms with Crippen molar-refractivity contribution < 1.29 is 13.6 Å². The Hall–Kier alpha value is -1.55. The van der Waals surface area contributed by atoms with Gasteiger partial charge in [-0.2, -0.15) is 5.10 Å². The largest absolute Gasteiger partial charge is 0.489 e. The van der Waals surface area contributed by atoms with Crippen LogP contribution < -0.4 is 4.74 Å². The van der Waals surface area contributed by atoms with E-state index in [1.807, 2.05) is 12.1 Å². The maximum atomic E-state index is 7.49. The Morgan fingerprint density at radius 1 is 1.39 bits per heavy atom. The molecule has 98 valence electrons. The van der Waals surface area contributed by atoms with Crippen molar-refractivity contribution in [3.63, 3.8) is 0 Å². The summed E-state index contributed by atoms with van der Waals surface area (Å²) in [5.41, 5.74) is 1.63. The highest BCUT2D eigenvalue weighted by molar-refractivity contribution is 5.87. The lowest BCUT2D eigenvalue weighted by Crippen LogP contribution is -2.05. The molecule has 0 aliphatic rings. The van der Waals surface area contributed by atoms with Crippen molar-refractivity contribution in [1.29, 1.82) is 0 Å². The van der Waals surface area contributed by atoms with Gasteiger partial charge in [0.05, 0.1) is 6.61 Å². The van der Waals surface area contributed by atoms with E-state index in [4.69, 9.17) is 13.6 Å². The Balaban J connectivity index is 2.51. The Morgan fingerprint density at radius 3 is 2.89 bits per heavy atom. The van der Waals surface area contributed by atoms with Crippen molar-refractivity contribution in [3.05, 3.63) is 23.9 Å². The van der Waals surface area contributed by atoms with E-state index in [1.54, 1.807) is 13.3 Å². The van der Waals surface area contributed by atoms with E-state index >= 15 is 0 Å². The molecule has 4 heteroatoms. The summed E-state index contributed by atoms with van der Waals surface area (Å²) in [6, 6.07) is 3.80. The van der Waals surface area contributed by atoms with E-state index in [1.165, 1.54) is 0 Å². The lowest BCUT2D eigenvalue weighted by molar-refractivity contribution is 0.147. The van der Waals surface area contributed by atoms with Gasteiger partial charge in [-0.25, -0.2) is 0 Å². The summed E-state index contributed by atoms with van der Waals surface area (Å²) in [5.74, 6) is 0.851. The zero-order chi connectivity index (χ0) is 15.6. The predicted octanol–water partition coefficient (Wildman–Crippen LogP) is 2.72. The standard InChI is InChI=1S/C14H20N2O2/c1-10(2)11-5-6-13(18-8-7-17-4)14-12(11)9-16(3)15-14/h5-6,9-10H,7-8H2,1-4H3/i3D3. The van der Waals surface area contributed by atoms with Gasteiger partial charge in [-0.15, -0.1) is 0 Å². The number of aromatic nitrogens is 2. The first-order valence-corrected chi connectivity index (χ1v) is 5.99. The maximum absolute atomic E-state index is 7.49. The normalized spacial score (nSPS) is 14.6. The van der Waals surface area contributed by atoms with Crippen LogP contribution in [0.25, 0.3) is 10.9 Å². The molecular weight excluding hydrogens is 228 g/mol. The van der Waals surface area contributed by atoms with Gasteiger partial charge in [0, 0.05) is 29.8 Å². The smallest absolute Gasteiger partial charge is 0.147 e.